The number of nitrogens with zero attached hydrogens (tertiary/aromatic N) is 2. The van der Waals surface area contributed by atoms with Crippen LogP contribution in [0.15, 0.2) is 33.2 Å². The standard InChI is InChI=1S/C15H22N4O2S.HI/c1-3-16-15(17-7-6-12-10-22-11(2)19-12)18-9-13(20)14-5-4-8-21-14;/h4-5,8,10,13,20H,3,6-7,9H2,1-2H3,(H2,16,17,18);1H. The summed E-state index contributed by atoms with van der Waals surface area (Å²) >= 11 is 1.66. The number of aliphatic hydroxyl groups is 1. The lowest BCUT2D eigenvalue weighted by Gasteiger charge is -2.12. The second-order valence-electron chi connectivity index (χ2n) is 4.79. The number of halogens is 1. The van der Waals surface area contributed by atoms with Gasteiger partial charge in [-0.25, -0.2) is 4.98 Å². The Balaban J connectivity index is 0.00000264. The number of aromatic nitrogens is 1. The monoisotopic (exact) mass is 450 g/mol. The van der Waals surface area contributed by atoms with Gasteiger partial charge in [0.1, 0.15) is 11.9 Å². The molecule has 0 bridgehead atoms. The minimum Gasteiger partial charge on any atom is -0.467 e. The van der Waals surface area contributed by atoms with Crippen molar-refractivity contribution in [1.29, 1.82) is 0 Å². The van der Waals surface area contributed by atoms with Gasteiger partial charge < -0.3 is 20.2 Å². The van der Waals surface area contributed by atoms with Crippen LogP contribution in [0.25, 0.3) is 0 Å². The smallest absolute Gasteiger partial charge is 0.191 e. The van der Waals surface area contributed by atoms with Gasteiger partial charge in [0.05, 0.1) is 23.5 Å². The molecule has 0 aromatic carbocycles. The molecule has 0 aliphatic rings. The average molecular weight is 450 g/mol. The zero-order valence-corrected chi connectivity index (χ0v) is 16.4. The van der Waals surface area contributed by atoms with Crippen molar-refractivity contribution < 1.29 is 9.52 Å². The quantitative estimate of drug-likeness (QED) is 0.343. The zero-order chi connectivity index (χ0) is 15.8. The lowest BCUT2D eigenvalue weighted by atomic mass is 10.3. The van der Waals surface area contributed by atoms with Gasteiger partial charge in [0.25, 0.3) is 0 Å². The van der Waals surface area contributed by atoms with Gasteiger partial charge in [0.2, 0.25) is 0 Å². The zero-order valence-electron chi connectivity index (χ0n) is 13.3. The van der Waals surface area contributed by atoms with Gasteiger partial charge in [0.15, 0.2) is 5.96 Å². The number of hydrogen-bond acceptors (Lipinski definition) is 5. The molecule has 0 saturated carbocycles. The molecule has 1 unspecified atom stereocenters. The third-order valence-corrected chi connectivity index (χ3v) is 3.80. The van der Waals surface area contributed by atoms with Crippen LogP contribution in [0.3, 0.4) is 0 Å². The highest BCUT2D eigenvalue weighted by Crippen LogP contribution is 2.12. The number of nitrogens with one attached hydrogen (secondary N) is 2. The fraction of sp³-hybridized carbons (Fsp3) is 0.467. The summed E-state index contributed by atoms with van der Waals surface area (Å²) in [5.41, 5.74) is 1.08. The van der Waals surface area contributed by atoms with Gasteiger partial charge in [-0.2, -0.15) is 0 Å². The average Bonchev–Trinajstić information content (AvgIpc) is 3.16. The van der Waals surface area contributed by atoms with E-state index in [1.54, 1.807) is 29.7 Å². The number of aliphatic imine (C=N–C) groups is 1. The Kier molecular flexibility index (Phi) is 9.19. The second-order valence-corrected chi connectivity index (χ2v) is 5.85. The molecule has 6 nitrogen and oxygen atoms in total. The van der Waals surface area contributed by atoms with Crippen molar-refractivity contribution in [3.63, 3.8) is 0 Å². The maximum Gasteiger partial charge on any atom is 0.191 e. The number of hydrogen-bond donors (Lipinski definition) is 3. The van der Waals surface area contributed by atoms with Crippen LogP contribution in [-0.4, -0.2) is 35.7 Å². The number of guanidine groups is 1. The molecule has 0 amide bonds. The first-order valence-corrected chi connectivity index (χ1v) is 8.21. The van der Waals surface area contributed by atoms with E-state index >= 15 is 0 Å². The van der Waals surface area contributed by atoms with Gasteiger partial charge >= 0.3 is 0 Å². The predicted molar refractivity (Wildman–Crippen MR) is 104 cm³/mol. The molecule has 0 saturated heterocycles. The topological polar surface area (TPSA) is 82.7 Å². The molecule has 8 heteroatoms. The van der Waals surface area contributed by atoms with E-state index in [0.29, 0.717) is 11.7 Å². The van der Waals surface area contributed by atoms with Gasteiger partial charge in [-0.1, -0.05) is 0 Å². The molecule has 2 aromatic heterocycles. The van der Waals surface area contributed by atoms with E-state index in [4.69, 9.17) is 4.42 Å². The van der Waals surface area contributed by atoms with Crippen molar-refractivity contribution in [1.82, 2.24) is 15.6 Å². The number of aryl methyl sites for hydroxylation is 1. The van der Waals surface area contributed by atoms with Crippen molar-refractivity contribution in [2.45, 2.75) is 26.4 Å². The van der Waals surface area contributed by atoms with Crippen LogP contribution in [0, 0.1) is 6.92 Å². The summed E-state index contributed by atoms with van der Waals surface area (Å²) in [6.45, 7) is 5.76. The number of aliphatic hydroxyl groups excluding tert-OH is 1. The highest BCUT2D eigenvalue weighted by molar-refractivity contribution is 14.0. The largest absolute Gasteiger partial charge is 0.467 e. The van der Waals surface area contributed by atoms with Crippen molar-refractivity contribution in [2.75, 3.05) is 19.6 Å². The molecule has 0 aliphatic heterocycles. The van der Waals surface area contributed by atoms with E-state index in [2.05, 4.69) is 26.0 Å². The van der Waals surface area contributed by atoms with E-state index in [0.717, 1.165) is 30.2 Å². The number of furan rings is 1. The van der Waals surface area contributed by atoms with Crippen LogP contribution < -0.4 is 10.6 Å². The Labute approximate surface area is 157 Å². The summed E-state index contributed by atoms with van der Waals surface area (Å²) in [7, 11) is 0. The minimum absolute atomic E-state index is 0. The molecule has 0 fully saturated rings. The molecule has 128 valence electrons. The molecule has 2 aromatic rings. The first kappa shape index (κ1) is 19.9. The van der Waals surface area contributed by atoms with E-state index < -0.39 is 6.10 Å². The Morgan fingerprint density at radius 1 is 1.48 bits per heavy atom. The van der Waals surface area contributed by atoms with Crippen LogP contribution >= 0.6 is 35.3 Å². The summed E-state index contributed by atoms with van der Waals surface area (Å²) < 4.78 is 5.16. The molecule has 0 spiro atoms. The summed E-state index contributed by atoms with van der Waals surface area (Å²) in [6, 6.07) is 3.49. The molecule has 0 radical (unpaired) electrons. The fourth-order valence-corrected chi connectivity index (χ4v) is 2.57. The van der Waals surface area contributed by atoms with Crippen LogP contribution in [0.2, 0.25) is 0 Å². The Morgan fingerprint density at radius 2 is 2.30 bits per heavy atom. The Hall–Kier alpha value is -1.13. The fourth-order valence-electron chi connectivity index (χ4n) is 1.92. The van der Waals surface area contributed by atoms with E-state index in [9.17, 15) is 5.11 Å². The van der Waals surface area contributed by atoms with Crippen molar-refractivity contribution in [3.05, 3.63) is 40.2 Å². The second kappa shape index (κ2) is 10.6. The highest BCUT2D eigenvalue weighted by Gasteiger charge is 2.10. The van der Waals surface area contributed by atoms with Crippen molar-refractivity contribution in [3.8, 4) is 0 Å². The molecule has 3 N–H and O–H groups in total. The lowest BCUT2D eigenvalue weighted by molar-refractivity contribution is 0.158. The van der Waals surface area contributed by atoms with Crippen molar-refractivity contribution >= 4 is 41.3 Å². The minimum atomic E-state index is -0.730. The maximum atomic E-state index is 9.97. The predicted octanol–water partition coefficient (Wildman–Crippen LogP) is 2.49. The van der Waals surface area contributed by atoms with Gasteiger partial charge in [0, 0.05) is 24.9 Å². The van der Waals surface area contributed by atoms with Gasteiger partial charge in [-0.3, -0.25) is 4.99 Å². The summed E-state index contributed by atoms with van der Waals surface area (Å²) in [5.74, 6) is 1.21. The van der Waals surface area contributed by atoms with Crippen LogP contribution in [-0.2, 0) is 6.42 Å². The lowest BCUT2D eigenvalue weighted by Crippen LogP contribution is -2.38. The third-order valence-electron chi connectivity index (χ3n) is 2.98. The maximum absolute atomic E-state index is 9.97. The first-order valence-electron chi connectivity index (χ1n) is 7.33. The number of rotatable bonds is 7. The van der Waals surface area contributed by atoms with Crippen LogP contribution in [0.4, 0.5) is 0 Å². The summed E-state index contributed by atoms with van der Waals surface area (Å²) in [5, 5.41) is 19.5. The molecule has 23 heavy (non-hydrogen) atoms. The molecule has 2 heterocycles. The molecular formula is C15H23IN4O2S. The van der Waals surface area contributed by atoms with Crippen molar-refractivity contribution in [2.24, 2.45) is 4.99 Å². The summed E-state index contributed by atoms with van der Waals surface area (Å²) in [4.78, 5) is 8.80. The first-order chi connectivity index (χ1) is 10.7. The van der Waals surface area contributed by atoms with Gasteiger partial charge in [-0.05, 0) is 26.0 Å². The van der Waals surface area contributed by atoms with Crippen LogP contribution in [0.1, 0.15) is 29.5 Å². The molecular weight excluding hydrogens is 427 g/mol. The van der Waals surface area contributed by atoms with E-state index in [-0.39, 0.29) is 30.5 Å². The molecule has 1 atom stereocenters. The normalized spacial score (nSPS) is 12.6. The SMILES string of the molecule is CCNC(=NCC(O)c1ccco1)NCCc1csc(C)n1.I. The Bertz CT molecular complexity index is 586. The van der Waals surface area contributed by atoms with E-state index in [1.807, 2.05) is 13.8 Å². The molecule has 2 rings (SSSR count). The van der Waals surface area contributed by atoms with Gasteiger partial charge in [-0.15, -0.1) is 35.3 Å². The Morgan fingerprint density at radius 3 is 2.91 bits per heavy atom. The van der Waals surface area contributed by atoms with Crippen LogP contribution in [0.5, 0.6) is 0 Å². The number of thiazole rings is 1. The van der Waals surface area contributed by atoms with E-state index in [1.165, 1.54) is 0 Å². The third kappa shape index (κ3) is 6.88. The highest BCUT2D eigenvalue weighted by atomic mass is 127. The summed E-state index contributed by atoms with van der Waals surface area (Å²) in [6.07, 6.45) is 1.66. The molecule has 0 aliphatic carbocycles.